The molecule has 0 atom stereocenters. The molecule has 0 aromatic carbocycles. The van der Waals surface area contributed by atoms with Gasteiger partial charge in [0.1, 0.15) is 0 Å². The third kappa shape index (κ3) is 2.57. The largest absolute Gasteiger partial charge is 0.339 e. The van der Waals surface area contributed by atoms with E-state index in [0.717, 1.165) is 18.5 Å². The van der Waals surface area contributed by atoms with Crippen LogP contribution in [0.3, 0.4) is 0 Å². The summed E-state index contributed by atoms with van der Waals surface area (Å²) < 4.78 is 0. The van der Waals surface area contributed by atoms with Gasteiger partial charge in [-0.1, -0.05) is 13.8 Å². The number of hydrogen-bond acceptors (Lipinski definition) is 2. The molecule has 1 aliphatic carbocycles. The summed E-state index contributed by atoms with van der Waals surface area (Å²) in [6.45, 7) is 6.51. The van der Waals surface area contributed by atoms with Gasteiger partial charge in [-0.15, -0.1) is 0 Å². The topological polar surface area (TPSA) is 49.0 Å². The van der Waals surface area contributed by atoms with Crippen LogP contribution in [0.2, 0.25) is 0 Å². The Balaban J connectivity index is 2.02. The van der Waals surface area contributed by atoms with E-state index < -0.39 is 0 Å². The van der Waals surface area contributed by atoms with Crippen LogP contribution in [0.1, 0.15) is 55.6 Å². The molecule has 100 valence electrons. The minimum atomic E-state index is 0.0888. The molecule has 1 N–H and O–H groups in total. The van der Waals surface area contributed by atoms with Crippen molar-refractivity contribution < 1.29 is 4.79 Å². The highest BCUT2D eigenvalue weighted by molar-refractivity contribution is 5.95. The summed E-state index contributed by atoms with van der Waals surface area (Å²) in [7, 11) is 1.91. The minimum absolute atomic E-state index is 0.0888. The van der Waals surface area contributed by atoms with Gasteiger partial charge in [0, 0.05) is 18.8 Å². The van der Waals surface area contributed by atoms with E-state index in [9.17, 15) is 4.79 Å². The normalized spacial score (nSPS) is 19.8. The summed E-state index contributed by atoms with van der Waals surface area (Å²) in [4.78, 5) is 14.2. The number of carbonyl (C=O) groups is 1. The summed E-state index contributed by atoms with van der Waals surface area (Å²) >= 11 is 0. The maximum absolute atomic E-state index is 12.4. The molecule has 0 unspecified atom stereocenters. The molecule has 1 aliphatic rings. The van der Waals surface area contributed by atoms with Crippen molar-refractivity contribution >= 4 is 5.91 Å². The predicted octanol–water partition coefficient (Wildman–Crippen LogP) is 2.76. The fourth-order valence-electron chi connectivity index (χ4n) is 2.69. The molecule has 1 fully saturated rings. The monoisotopic (exact) mass is 249 g/mol. The molecule has 0 spiro atoms. The molecular weight excluding hydrogens is 226 g/mol. The first-order valence-electron chi connectivity index (χ1n) is 6.68. The zero-order chi connectivity index (χ0) is 13.3. The van der Waals surface area contributed by atoms with Gasteiger partial charge in [0.05, 0.1) is 11.8 Å². The van der Waals surface area contributed by atoms with Crippen molar-refractivity contribution in [3.05, 3.63) is 17.5 Å². The second-order valence-corrected chi connectivity index (χ2v) is 6.22. The van der Waals surface area contributed by atoms with Crippen LogP contribution in [0.4, 0.5) is 0 Å². The molecule has 1 amide bonds. The van der Waals surface area contributed by atoms with Crippen LogP contribution in [0, 0.1) is 12.3 Å². The number of H-pyrrole nitrogens is 1. The third-order valence-corrected chi connectivity index (χ3v) is 4.24. The van der Waals surface area contributed by atoms with Crippen molar-refractivity contribution in [1.82, 2.24) is 15.1 Å². The smallest absolute Gasteiger partial charge is 0.257 e. The number of hydrogen-bond donors (Lipinski definition) is 1. The highest BCUT2D eigenvalue weighted by Crippen LogP contribution is 2.36. The van der Waals surface area contributed by atoms with Crippen LogP contribution in [-0.4, -0.2) is 34.1 Å². The number of nitrogens with one attached hydrogen (secondary N) is 1. The number of amides is 1. The van der Waals surface area contributed by atoms with E-state index in [-0.39, 0.29) is 5.91 Å². The van der Waals surface area contributed by atoms with Crippen molar-refractivity contribution in [1.29, 1.82) is 0 Å². The van der Waals surface area contributed by atoms with Crippen LogP contribution >= 0.6 is 0 Å². The van der Waals surface area contributed by atoms with E-state index in [1.807, 2.05) is 18.9 Å². The summed E-state index contributed by atoms with van der Waals surface area (Å²) in [5, 5.41) is 6.74. The molecule has 18 heavy (non-hydrogen) atoms. The van der Waals surface area contributed by atoms with E-state index in [4.69, 9.17) is 0 Å². The van der Waals surface area contributed by atoms with Gasteiger partial charge in [-0.2, -0.15) is 5.10 Å². The molecule has 2 rings (SSSR count). The Labute approximate surface area is 109 Å². The molecular formula is C14H23N3O. The van der Waals surface area contributed by atoms with E-state index in [2.05, 4.69) is 24.0 Å². The standard InChI is InChI=1S/C14H23N3O/c1-10-12(9-15-16-10)13(18)17(4)11-5-7-14(2,3)8-6-11/h9,11H,5-8H2,1-4H3,(H,15,16). The lowest BCUT2D eigenvalue weighted by molar-refractivity contribution is 0.0634. The van der Waals surface area contributed by atoms with E-state index >= 15 is 0 Å². The number of aryl methyl sites for hydroxylation is 1. The molecule has 1 saturated carbocycles. The quantitative estimate of drug-likeness (QED) is 0.876. The number of rotatable bonds is 2. The molecule has 4 nitrogen and oxygen atoms in total. The van der Waals surface area contributed by atoms with Crippen molar-refractivity contribution in [3.63, 3.8) is 0 Å². The number of aromatic amines is 1. The molecule has 1 aromatic heterocycles. The van der Waals surface area contributed by atoms with E-state index in [1.165, 1.54) is 12.8 Å². The molecule has 4 heteroatoms. The van der Waals surface area contributed by atoms with Crippen molar-refractivity contribution in [2.24, 2.45) is 5.41 Å². The molecule has 1 aromatic rings. The Morgan fingerprint density at radius 1 is 1.44 bits per heavy atom. The van der Waals surface area contributed by atoms with Gasteiger partial charge in [-0.25, -0.2) is 0 Å². The third-order valence-electron chi connectivity index (χ3n) is 4.24. The van der Waals surface area contributed by atoms with Gasteiger partial charge in [0.25, 0.3) is 5.91 Å². The SMILES string of the molecule is Cc1[nH]ncc1C(=O)N(C)C1CCC(C)(C)CC1. The number of carbonyl (C=O) groups excluding carboxylic acids is 1. The van der Waals surface area contributed by atoms with Gasteiger partial charge in [-0.3, -0.25) is 9.89 Å². The summed E-state index contributed by atoms with van der Waals surface area (Å²) in [5.41, 5.74) is 1.98. The lowest BCUT2D eigenvalue weighted by atomic mass is 9.75. The summed E-state index contributed by atoms with van der Waals surface area (Å²) in [6.07, 6.45) is 6.22. The van der Waals surface area contributed by atoms with Gasteiger partial charge in [-0.05, 0) is 38.0 Å². The zero-order valence-corrected chi connectivity index (χ0v) is 11.8. The number of nitrogens with zero attached hydrogens (tertiary/aromatic N) is 2. The molecule has 0 saturated heterocycles. The first kappa shape index (κ1) is 13.1. The molecule has 0 aliphatic heterocycles. The average Bonchev–Trinajstić information content (AvgIpc) is 2.73. The van der Waals surface area contributed by atoms with Gasteiger partial charge >= 0.3 is 0 Å². The van der Waals surface area contributed by atoms with Crippen molar-refractivity contribution in [3.8, 4) is 0 Å². The van der Waals surface area contributed by atoms with Gasteiger partial charge in [0.15, 0.2) is 0 Å². The highest BCUT2D eigenvalue weighted by atomic mass is 16.2. The van der Waals surface area contributed by atoms with Crippen LogP contribution in [0.15, 0.2) is 6.20 Å². The summed E-state index contributed by atoms with van der Waals surface area (Å²) in [6, 6.07) is 0.375. The number of aromatic nitrogens is 2. The van der Waals surface area contributed by atoms with Crippen LogP contribution < -0.4 is 0 Å². The Morgan fingerprint density at radius 2 is 2.06 bits per heavy atom. The van der Waals surface area contributed by atoms with E-state index in [1.54, 1.807) is 6.20 Å². The maximum atomic E-state index is 12.4. The highest BCUT2D eigenvalue weighted by Gasteiger charge is 2.31. The lowest BCUT2D eigenvalue weighted by Gasteiger charge is -2.38. The summed E-state index contributed by atoms with van der Waals surface area (Å²) in [5.74, 6) is 0.0888. The van der Waals surface area contributed by atoms with E-state index in [0.29, 0.717) is 17.0 Å². The second kappa shape index (κ2) is 4.75. The van der Waals surface area contributed by atoms with Crippen LogP contribution in [-0.2, 0) is 0 Å². The molecule has 1 heterocycles. The van der Waals surface area contributed by atoms with Crippen LogP contribution in [0.25, 0.3) is 0 Å². The molecule has 0 radical (unpaired) electrons. The van der Waals surface area contributed by atoms with Crippen LogP contribution in [0.5, 0.6) is 0 Å². The predicted molar refractivity (Wildman–Crippen MR) is 71.5 cm³/mol. The van der Waals surface area contributed by atoms with Gasteiger partial charge in [0.2, 0.25) is 0 Å². The fourth-order valence-corrected chi connectivity index (χ4v) is 2.69. The molecule has 0 bridgehead atoms. The lowest BCUT2D eigenvalue weighted by Crippen LogP contribution is -2.40. The van der Waals surface area contributed by atoms with Crippen molar-refractivity contribution in [2.75, 3.05) is 7.05 Å². The Morgan fingerprint density at radius 3 is 2.56 bits per heavy atom. The first-order chi connectivity index (χ1) is 8.41. The maximum Gasteiger partial charge on any atom is 0.257 e. The zero-order valence-electron chi connectivity index (χ0n) is 11.8. The second-order valence-electron chi connectivity index (χ2n) is 6.22. The Kier molecular flexibility index (Phi) is 3.46. The fraction of sp³-hybridized carbons (Fsp3) is 0.714. The van der Waals surface area contributed by atoms with Gasteiger partial charge < -0.3 is 4.90 Å². The average molecular weight is 249 g/mol. The van der Waals surface area contributed by atoms with Crippen molar-refractivity contribution in [2.45, 2.75) is 52.5 Å². The minimum Gasteiger partial charge on any atom is -0.339 e. The Bertz CT molecular complexity index is 426. The Hall–Kier alpha value is -1.32. The first-order valence-corrected chi connectivity index (χ1v) is 6.68.